The monoisotopic (exact) mass is 371 g/mol. The van der Waals surface area contributed by atoms with Crippen molar-refractivity contribution in [3.05, 3.63) is 78.8 Å². The minimum Gasteiger partial charge on any atom is -0.497 e. The average Bonchev–Trinajstić information content (AvgIpc) is 2.74. The van der Waals surface area contributed by atoms with Crippen LogP contribution in [-0.2, 0) is 0 Å². The predicted octanol–water partition coefficient (Wildman–Crippen LogP) is 4.03. The van der Waals surface area contributed by atoms with Crippen molar-refractivity contribution >= 4 is 34.1 Å². The first-order valence-electron chi connectivity index (χ1n) is 8.61. The summed E-state index contributed by atoms with van der Waals surface area (Å²) in [6.07, 6.45) is 4.65. The van der Waals surface area contributed by atoms with E-state index in [0.29, 0.717) is 17.2 Å². The number of carbonyl (C=O) groups excluding carboxylic acids is 1. The second-order valence-corrected chi connectivity index (χ2v) is 5.99. The van der Waals surface area contributed by atoms with Gasteiger partial charge < -0.3 is 15.4 Å². The van der Waals surface area contributed by atoms with Gasteiger partial charge in [-0.15, -0.1) is 0 Å². The van der Waals surface area contributed by atoms with Crippen LogP contribution in [0.1, 0.15) is 10.4 Å². The van der Waals surface area contributed by atoms with Gasteiger partial charge in [0.25, 0.3) is 5.91 Å². The third kappa shape index (κ3) is 3.73. The summed E-state index contributed by atoms with van der Waals surface area (Å²) in [5.41, 5.74) is 2.51. The zero-order valence-corrected chi connectivity index (χ0v) is 15.1. The number of nitrogens with zero attached hydrogens (tertiary/aromatic N) is 3. The van der Waals surface area contributed by atoms with Crippen molar-refractivity contribution in [2.75, 3.05) is 17.7 Å². The topological polar surface area (TPSA) is 89.0 Å². The number of nitrogens with one attached hydrogen (secondary N) is 2. The van der Waals surface area contributed by atoms with Crippen LogP contribution in [0, 0.1) is 0 Å². The number of hydrogen-bond donors (Lipinski definition) is 2. The zero-order chi connectivity index (χ0) is 19.3. The van der Waals surface area contributed by atoms with Crippen LogP contribution < -0.4 is 15.4 Å². The second-order valence-electron chi connectivity index (χ2n) is 5.99. The number of amides is 1. The molecule has 0 saturated heterocycles. The van der Waals surface area contributed by atoms with Crippen LogP contribution in [0.15, 0.2) is 73.2 Å². The second kappa shape index (κ2) is 7.71. The Hall–Kier alpha value is -4.00. The molecule has 2 aromatic carbocycles. The molecule has 0 radical (unpaired) electrons. The highest BCUT2D eigenvalue weighted by Crippen LogP contribution is 2.22. The molecule has 0 bridgehead atoms. The van der Waals surface area contributed by atoms with Crippen molar-refractivity contribution in [2.45, 2.75) is 0 Å². The highest BCUT2D eigenvalue weighted by molar-refractivity contribution is 6.08. The molecule has 2 heterocycles. The molecular formula is C21H17N5O2. The van der Waals surface area contributed by atoms with Crippen LogP contribution in [0.2, 0.25) is 0 Å². The Morgan fingerprint density at radius 2 is 1.75 bits per heavy atom. The summed E-state index contributed by atoms with van der Waals surface area (Å²) in [6.45, 7) is 0. The maximum absolute atomic E-state index is 12.6. The average molecular weight is 371 g/mol. The lowest BCUT2D eigenvalue weighted by Gasteiger charge is -2.09. The number of para-hydroxylation sites is 1. The van der Waals surface area contributed by atoms with Crippen LogP contribution in [0.5, 0.6) is 5.75 Å². The number of hydrogen-bond acceptors (Lipinski definition) is 6. The lowest BCUT2D eigenvalue weighted by Crippen LogP contribution is -2.13. The van der Waals surface area contributed by atoms with Crippen molar-refractivity contribution in [3.8, 4) is 5.75 Å². The van der Waals surface area contributed by atoms with Gasteiger partial charge in [-0.2, -0.15) is 0 Å². The molecule has 4 aromatic rings. The third-order valence-electron chi connectivity index (χ3n) is 4.12. The van der Waals surface area contributed by atoms with Gasteiger partial charge in [-0.1, -0.05) is 24.3 Å². The molecule has 0 spiro atoms. The molecule has 2 aromatic heterocycles. The van der Waals surface area contributed by atoms with Crippen LogP contribution in [0.4, 0.5) is 17.3 Å². The van der Waals surface area contributed by atoms with E-state index in [1.807, 2.05) is 54.6 Å². The number of ether oxygens (including phenoxy) is 1. The van der Waals surface area contributed by atoms with Crippen molar-refractivity contribution < 1.29 is 9.53 Å². The Balaban J connectivity index is 1.49. The number of rotatable bonds is 5. The molecule has 7 heteroatoms. The molecule has 0 fully saturated rings. The summed E-state index contributed by atoms with van der Waals surface area (Å²) >= 11 is 0. The fraction of sp³-hybridized carbons (Fsp3) is 0.0476. The highest BCUT2D eigenvalue weighted by Gasteiger charge is 2.10. The quantitative estimate of drug-likeness (QED) is 0.551. The van der Waals surface area contributed by atoms with Gasteiger partial charge in [0.2, 0.25) is 5.95 Å². The molecule has 4 rings (SSSR count). The van der Waals surface area contributed by atoms with E-state index in [2.05, 4.69) is 25.6 Å². The number of carbonyl (C=O) groups is 1. The first-order valence-corrected chi connectivity index (χ1v) is 8.61. The molecular weight excluding hydrogens is 354 g/mol. The van der Waals surface area contributed by atoms with Gasteiger partial charge in [-0.05, 0) is 24.3 Å². The lowest BCUT2D eigenvalue weighted by molar-refractivity contribution is 0.102. The van der Waals surface area contributed by atoms with Crippen LogP contribution in [-0.4, -0.2) is 28.0 Å². The molecule has 7 nitrogen and oxygen atoms in total. The van der Waals surface area contributed by atoms with E-state index in [1.54, 1.807) is 13.3 Å². The maximum atomic E-state index is 12.6. The number of methoxy groups -OCH3 is 1. The van der Waals surface area contributed by atoms with E-state index in [0.717, 1.165) is 22.3 Å². The fourth-order valence-corrected chi connectivity index (χ4v) is 2.74. The summed E-state index contributed by atoms with van der Waals surface area (Å²) < 4.78 is 5.19. The summed E-state index contributed by atoms with van der Waals surface area (Å²) in [6, 6.07) is 16.8. The van der Waals surface area contributed by atoms with Gasteiger partial charge in [0.1, 0.15) is 5.75 Å². The molecule has 0 aliphatic carbocycles. The molecule has 0 saturated carbocycles. The van der Waals surface area contributed by atoms with Crippen LogP contribution in [0.3, 0.4) is 0 Å². The number of anilines is 3. The SMILES string of the molecule is COc1cccc(Nc2ncc(C(=O)Nc3cccc4cccnc34)cn2)c1. The standard InChI is InChI=1S/C21H17N5O2/c1-28-17-8-3-7-16(11-17)25-21-23-12-15(13-24-21)20(27)26-18-9-2-5-14-6-4-10-22-19(14)18/h2-13H,1H3,(H,26,27)(H,23,24,25). The molecule has 0 aliphatic rings. The molecule has 0 aliphatic heterocycles. The molecule has 0 atom stereocenters. The van der Waals surface area contributed by atoms with Crippen molar-refractivity contribution in [1.82, 2.24) is 15.0 Å². The van der Waals surface area contributed by atoms with Gasteiger partial charge in [0, 0.05) is 35.7 Å². The number of fused-ring (bicyclic) bond motifs is 1. The Morgan fingerprint density at radius 3 is 2.57 bits per heavy atom. The van der Waals surface area contributed by atoms with E-state index in [1.165, 1.54) is 12.4 Å². The smallest absolute Gasteiger partial charge is 0.258 e. The van der Waals surface area contributed by atoms with Crippen molar-refractivity contribution in [1.29, 1.82) is 0 Å². The third-order valence-corrected chi connectivity index (χ3v) is 4.12. The number of aromatic nitrogens is 3. The summed E-state index contributed by atoms with van der Waals surface area (Å²) in [4.78, 5) is 25.3. The van der Waals surface area contributed by atoms with Gasteiger partial charge in [0.15, 0.2) is 0 Å². The highest BCUT2D eigenvalue weighted by atomic mass is 16.5. The number of pyridine rings is 1. The van der Waals surface area contributed by atoms with Gasteiger partial charge >= 0.3 is 0 Å². The molecule has 28 heavy (non-hydrogen) atoms. The van der Waals surface area contributed by atoms with Crippen LogP contribution >= 0.6 is 0 Å². The Labute approximate surface area is 161 Å². The fourth-order valence-electron chi connectivity index (χ4n) is 2.74. The first-order chi connectivity index (χ1) is 13.7. The normalized spacial score (nSPS) is 10.5. The zero-order valence-electron chi connectivity index (χ0n) is 15.1. The van der Waals surface area contributed by atoms with E-state index < -0.39 is 0 Å². The molecule has 1 amide bonds. The largest absolute Gasteiger partial charge is 0.497 e. The minimum absolute atomic E-state index is 0.300. The number of benzene rings is 2. The van der Waals surface area contributed by atoms with E-state index >= 15 is 0 Å². The van der Waals surface area contributed by atoms with Crippen LogP contribution in [0.25, 0.3) is 10.9 Å². The Kier molecular flexibility index (Phi) is 4.79. The van der Waals surface area contributed by atoms with Gasteiger partial charge in [0.05, 0.1) is 23.9 Å². The van der Waals surface area contributed by atoms with E-state index in [4.69, 9.17) is 4.74 Å². The molecule has 2 N–H and O–H groups in total. The molecule has 0 unspecified atom stereocenters. The minimum atomic E-state index is -0.300. The summed E-state index contributed by atoms with van der Waals surface area (Å²) in [7, 11) is 1.61. The maximum Gasteiger partial charge on any atom is 0.258 e. The van der Waals surface area contributed by atoms with E-state index in [-0.39, 0.29) is 5.91 Å². The van der Waals surface area contributed by atoms with Gasteiger partial charge in [-0.3, -0.25) is 9.78 Å². The van der Waals surface area contributed by atoms with E-state index in [9.17, 15) is 4.79 Å². The lowest BCUT2D eigenvalue weighted by atomic mass is 10.2. The Morgan fingerprint density at radius 1 is 0.964 bits per heavy atom. The summed E-state index contributed by atoms with van der Waals surface area (Å²) in [5.74, 6) is 0.812. The molecule has 138 valence electrons. The first kappa shape index (κ1) is 17.4. The summed E-state index contributed by atoms with van der Waals surface area (Å²) in [5, 5.41) is 6.89. The Bertz CT molecular complexity index is 1120. The van der Waals surface area contributed by atoms with Crippen molar-refractivity contribution in [2.24, 2.45) is 0 Å². The van der Waals surface area contributed by atoms with Crippen molar-refractivity contribution in [3.63, 3.8) is 0 Å². The van der Waals surface area contributed by atoms with Gasteiger partial charge in [-0.25, -0.2) is 9.97 Å². The predicted molar refractivity (Wildman–Crippen MR) is 108 cm³/mol.